The first kappa shape index (κ1) is 17.2. The highest BCUT2D eigenvalue weighted by molar-refractivity contribution is 5.24. The summed E-state index contributed by atoms with van der Waals surface area (Å²) in [6.07, 6.45) is 1.86. The van der Waals surface area contributed by atoms with E-state index in [0.717, 1.165) is 31.4 Å². The average molecular weight is 279 g/mol. The second-order valence-electron chi connectivity index (χ2n) is 5.91. The second kappa shape index (κ2) is 9.11. The Hall–Kier alpha value is -0.900. The van der Waals surface area contributed by atoms with E-state index in [1.54, 1.807) is 0 Å². The SMILES string of the molecule is CCC(O)CCNCC(O)c1ccc(CC(C)C)cc1. The molecule has 0 aliphatic carbocycles. The van der Waals surface area contributed by atoms with Crippen LogP contribution in [0.5, 0.6) is 0 Å². The van der Waals surface area contributed by atoms with E-state index in [4.69, 9.17) is 0 Å². The van der Waals surface area contributed by atoms with Gasteiger partial charge < -0.3 is 15.5 Å². The molecular formula is C17H29NO2. The molecule has 1 rings (SSSR count). The van der Waals surface area contributed by atoms with E-state index < -0.39 is 6.10 Å². The molecule has 0 saturated heterocycles. The maximum atomic E-state index is 10.1. The minimum atomic E-state index is -0.484. The molecule has 0 heterocycles. The van der Waals surface area contributed by atoms with Crippen LogP contribution in [0.2, 0.25) is 0 Å². The third kappa shape index (κ3) is 6.51. The van der Waals surface area contributed by atoms with Crippen LogP contribution in [0, 0.1) is 5.92 Å². The Kier molecular flexibility index (Phi) is 7.82. The van der Waals surface area contributed by atoms with Crippen LogP contribution in [-0.2, 0) is 6.42 Å². The number of hydrogen-bond donors (Lipinski definition) is 3. The summed E-state index contributed by atoms with van der Waals surface area (Å²) in [5, 5.41) is 22.7. The molecule has 0 aliphatic rings. The maximum Gasteiger partial charge on any atom is 0.0914 e. The summed E-state index contributed by atoms with van der Waals surface area (Å²) in [5.41, 5.74) is 2.26. The molecule has 1 aromatic carbocycles. The molecule has 0 aliphatic heterocycles. The van der Waals surface area contributed by atoms with E-state index in [2.05, 4.69) is 31.3 Å². The molecule has 0 aromatic heterocycles. The molecule has 3 N–H and O–H groups in total. The lowest BCUT2D eigenvalue weighted by Gasteiger charge is -2.14. The van der Waals surface area contributed by atoms with Gasteiger partial charge in [0.2, 0.25) is 0 Å². The van der Waals surface area contributed by atoms with Gasteiger partial charge in [-0.25, -0.2) is 0 Å². The Morgan fingerprint density at radius 1 is 1.10 bits per heavy atom. The fourth-order valence-corrected chi connectivity index (χ4v) is 2.18. The zero-order chi connectivity index (χ0) is 15.0. The fraction of sp³-hybridized carbons (Fsp3) is 0.647. The number of hydrogen-bond acceptors (Lipinski definition) is 3. The van der Waals surface area contributed by atoms with Crippen molar-refractivity contribution in [2.45, 2.75) is 52.2 Å². The number of benzene rings is 1. The average Bonchev–Trinajstić information content (AvgIpc) is 2.43. The van der Waals surface area contributed by atoms with Crippen LogP contribution in [0.4, 0.5) is 0 Å². The fourth-order valence-electron chi connectivity index (χ4n) is 2.18. The van der Waals surface area contributed by atoms with E-state index in [0.29, 0.717) is 12.5 Å². The number of aliphatic hydroxyl groups is 2. The molecule has 0 saturated carbocycles. The maximum absolute atomic E-state index is 10.1. The zero-order valence-corrected chi connectivity index (χ0v) is 13.0. The van der Waals surface area contributed by atoms with Gasteiger partial charge in [0.15, 0.2) is 0 Å². The summed E-state index contributed by atoms with van der Waals surface area (Å²) < 4.78 is 0. The van der Waals surface area contributed by atoms with E-state index >= 15 is 0 Å². The largest absolute Gasteiger partial charge is 0.393 e. The standard InChI is InChI=1S/C17H29NO2/c1-4-16(19)9-10-18-12-17(20)15-7-5-14(6-8-15)11-13(2)3/h5-8,13,16-20H,4,9-12H2,1-3H3. The van der Waals surface area contributed by atoms with E-state index in [1.807, 2.05) is 19.1 Å². The second-order valence-corrected chi connectivity index (χ2v) is 5.91. The third-order valence-electron chi connectivity index (χ3n) is 3.47. The first-order chi connectivity index (χ1) is 9.52. The van der Waals surface area contributed by atoms with Gasteiger partial charge in [0, 0.05) is 6.54 Å². The Labute approximate surface area is 123 Å². The van der Waals surface area contributed by atoms with Gasteiger partial charge in [0.25, 0.3) is 0 Å². The molecular weight excluding hydrogens is 250 g/mol. The summed E-state index contributed by atoms with van der Waals surface area (Å²) in [6, 6.07) is 8.20. The van der Waals surface area contributed by atoms with Gasteiger partial charge in [0.1, 0.15) is 0 Å². The van der Waals surface area contributed by atoms with Crippen molar-refractivity contribution in [3.05, 3.63) is 35.4 Å². The number of nitrogens with one attached hydrogen (secondary N) is 1. The molecule has 20 heavy (non-hydrogen) atoms. The van der Waals surface area contributed by atoms with E-state index in [1.165, 1.54) is 5.56 Å². The van der Waals surface area contributed by atoms with Gasteiger partial charge in [-0.05, 0) is 42.9 Å². The van der Waals surface area contributed by atoms with Crippen molar-refractivity contribution in [1.29, 1.82) is 0 Å². The Balaban J connectivity index is 2.34. The zero-order valence-electron chi connectivity index (χ0n) is 13.0. The predicted octanol–water partition coefficient (Wildman–Crippen LogP) is 2.67. The molecule has 1 aromatic rings. The lowest BCUT2D eigenvalue weighted by Crippen LogP contribution is -2.25. The van der Waals surface area contributed by atoms with Crippen LogP contribution in [-0.4, -0.2) is 29.4 Å². The van der Waals surface area contributed by atoms with Gasteiger partial charge in [0.05, 0.1) is 12.2 Å². The van der Waals surface area contributed by atoms with Crippen molar-refractivity contribution < 1.29 is 10.2 Å². The van der Waals surface area contributed by atoms with Gasteiger partial charge in [-0.15, -0.1) is 0 Å². The lowest BCUT2D eigenvalue weighted by molar-refractivity contribution is 0.150. The highest BCUT2D eigenvalue weighted by Crippen LogP contribution is 2.15. The lowest BCUT2D eigenvalue weighted by atomic mass is 10.0. The Morgan fingerprint density at radius 2 is 1.75 bits per heavy atom. The molecule has 0 radical (unpaired) electrons. The van der Waals surface area contributed by atoms with Crippen molar-refractivity contribution in [3.63, 3.8) is 0 Å². The Morgan fingerprint density at radius 3 is 2.30 bits per heavy atom. The van der Waals surface area contributed by atoms with Gasteiger partial charge >= 0.3 is 0 Å². The van der Waals surface area contributed by atoms with E-state index in [9.17, 15) is 10.2 Å². The molecule has 3 nitrogen and oxygen atoms in total. The minimum absolute atomic E-state index is 0.241. The van der Waals surface area contributed by atoms with Crippen LogP contribution in [0.15, 0.2) is 24.3 Å². The monoisotopic (exact) mass is 279 g/mol. The van der Waals surface area contributed by atoms with Crippen molar-refractivity contribution >= 4 is 0 Å². The van der Waals surface area contributed by atoms with Gasteiger partial charge in [-0.1, -0.05) is 45.0 Å². The smallest absolute Gasteiger partial charge is 0.0914 e. The van der Waals surface area contributed by atoms with Crippen molar-refractivity contribution in [3.8, 4) is 0 Å². The summed E-state index contributed by atoms with van der Waals surface area (Å²) >= 11 is 0. The molecule has 2 unspecified atom stereocenters. The van der Waals surface area contributed by atoms with E-state index in [-0.39, 0.29) is 6.10 Å². The van der Waals surface area contributed by atoms with Crippen LogP contribution in [0.3, 0.4) is 0 Å². The first-order valence-corrected chi connectivity index (χ1v) is 7.68. The van der Waals surface area contributed by atoms with Crippen molar-refractivity contribution in [2.75, 3.05) is 13.1 Å². The first-order valence-electron chi connectivity index (χ1n) is 7.68. The topological polar surface area (TPSA) is 52.5 Å². The highest BCUT2D eigenvalue weighted by Gasteiger charge is 2.08. The Bertz CT molecular complexity index is 362. The van der Waals surface area contributed by atoms with Crippen molar-refractivity contribution in [1.82, 2.24) is 5.32 Å². The third-order valence-corrected chi connectivity index (χ3v) is 3.47. The van der Waals surface area contributed by atoms with Crippen LogP contribution in [0.25, 0.3) is 0 Å². The quantitative estimate of drug-likeness (QED) is 0.609. The summed E-state index contributed by atoms with van der Waals surface area (Å²) in [7, 11) is 0. The molecule has 3 heteroatoms. The summed E-state index contributed by atoms with van der Waals surface area (Å²) in [6.45, 7) is 7.64. The van der Waals surface area contributed by atoms with Gasteiger partial charge in [-0.2, -0.15) is 0 Å². The highest BCUT2D eigenvalue weighted by atomic mass is 16.3. The van der Waals surface area contributed by atoms with Crippen LogP contribution >= 0.6 is 0 Å². The summed E-state index contributed by atoms with van der Waals surface area (Å²) in [5.74, 6) is 0.650. The normalized spacial score (nSPS) is 14.5. The molecule has 114 valence electrons. The minimum Gasteiger partial charge on any atom is -0.393 e. The molecule has 0 fully saturated rings. The molecule has 2 atom stereocenters. The van der Waals surface area contributed by atoms with Crippen LogP contribution in [0.1, 0.15) is 50.8 Å². The molecule has 0 bridgehead atoms. The molecule has 0 spiro atoms. The van der Waals surface area contributed by atoms with Gasteiger partial charge in [-0.3, -0.25) is 0 Å². The van der Waals surface area contributed by atoms with Crippen molar-refractivity contribution in [2.24, 2.45) is 5.92 Å². The predicted molar refractivity (Wildman–Crippen MR) is 83.7 cm³/mol. The summed E-state index contributed by atoms with van der Waals surface area (Å²) in [4.78, 5) is 0. The molecule has 0 amide bonds. The number of rotatable bonds is 9. The van der Waals surface area contributed by atoms with Crippen LogP contribution < -0.4 is 5.32 Å². The number of aliphatic hydroxyl groups excluding tert-OH is 2.